The Morgan fingerprint density at radius 3 is 2.73 bits per heavy atom. The van der Waals surface area contributed by atoms with Crippen LogP contribution in [0.3, 0.4) is 0 Å². The van der Waals surface area contributed by atoms with Gasteiger partial charge in [0.2, 0.25) is 0 Å². The molecule has 4 aliphatic rings. The highest BCUT2D eigenvalue weighted by Crippen LogP contribution is 2.44. The van der Waals surface area contributed by atoms with Crippen molar-refractivity contribution in [2.75, 3.05) is 0 Å². The largest absolute Gasteiger partial charge is 0.391 e. The molecule has 4 rings (SSSR count). The molecular weight excluding hydrogens is 138 g/mol. The number of nitrogens with one attached hydrogen (secondary N) is 1. The highest BCUT2D eigenvalue weighted by Gasteiger charge is 2.47. The summed E-state index contributed by atoms with van der Waals surface area (Å²) in [5, 5.41) is 13.3. The molecule has 4 fully saturated rings. The van der Waals surface area contributed by atoms with Gasteiger partial charge in [0.15, 0.2) is 0 Å². The van der Waals surface area contributed by atoms with Crippen LogP contribution in [0.5, 0.6) is 0 Å². The van der Waals surface area contributed by atoms with Crippen molar-refractivity contribution in [1.82, 2.24) is 5.32 Å². The number of rotatable bonds is 0. The van der Waals surface area contributed by atoms with Gasteiger partial charge in [-0.15, -0.1) is 0 Å². The molecule has 62 valence electrons. The molecular formula is C9H15NO. The molecule has 5 atom stereocenters. The monoisotopic (exact) mass is 153 g/mol. The van der Waals surface area contributed by atoms with Crippen LogP contribution in [-0.4, -0.2) is 23.3 Å². The van der Waals surface area contributed by atoms with Gasteiger partial charge in [-0.25, -0.2) is 0 Å². The zero-order valence-corrected chi connectivity index (χ0v) is 6.66. The predicted octanol–water partition coefficient (Wildman–Crippen LogP) is 0.508. The van der Waals surface area contributed by atoms with E-state index in [2.05, 4.69) is 5.32 Å². The van der Waals surface area contributed by atoms with Crippen molar-refractivity contribution in [2.24, 2.45) is 11.8 Å². The smallest absolute Gasteiger partial charge is 0.0722 e. The summed E-state index contributed by atoms with van der Waals surface area (Å²) in [5.41, 5.74) is 0. The molecule has 5 unspecified atom stereocenters. The minimum atomic E-state index is -0.0252. The van der Waals surface area contributed by atoms with Crippen LogP contribution in [0.2, 0.25) is 0 Å². The molecule has 4 bridgehead atoms. The first-order valence-electron chi connectivity index (χ1n) is 4.77. The minimum absolute atomic E-state index is 0.0252. The van der Waals surface area contributed by atoms with Crippen LogP contribution >= 0.6 is 0 Å². The molecule has 2 aliphatic heterocycles. The molecule has 2 saturated heterocycles. The standard InChI is InChI=1S/C9H15NO/c11-9-6-1-5-2-7(4-6)10-8(9)3-5/h5-11H,1-4H2. The highest BCUT2D eigenvalue weighted by molar-refractivity contribution is 5.03. The third kappa shape index (κ3) is 0.798. The van der Waals surface area contributed by atoms with Gasteiger partial charge in [0, 0.05) is 12.1 Å². The van der Waals surface area contributed by atoms with E-state index in [9.17, 15) is 5.11 Å². The van der Waals surface area contributed by atoms with E-state index in [1.807, 2.05) is 0 Å². The van der Waals surface area contributed by atoms with Crippen LogP contribution in [-0.2, 0) is 0 Å². The summed E-state index contributed by atoms with van der Waals surface area (Å²) in [7, 11) is 0. The second-order valence-electron chi connectivity index (χ2n) is 4.53. The molecule has 11 heavy (non-hydrogen) atoms. The lowest BCUT2D eigenvalue weighted by Gasteiger charge is -2.53. The van der Waals surface area contributed by atoms with E-state index in [0.717, 1.165) is 12.0 Å². The van der Waals surface area contributed by atoms with Crippen molar-refractivity contribution < 1.29 is 5.11 Å². The maximum absolute atomic E-state index is 9.76. The van der Waals surface area contributed by atoms with Gasteiger partial charge >= 0.3 is 0 Å². The molecule has 2 heteroatoms. The third-order valence-corrected chi connectivity index (χ3v) is 3.77. The Kier molecular flexibility index (Phi) is 1.16. The first kappa shape index (κ1) is 6.44. The van der Waals surface area contributed by atoms with Crippen molar-refractivity contribution >= 4 is 0 Å². The van der Waals surface area contributed by atoms with E-state index < -0.39 is 0 Å². The summed E-state index contributed by atoms with van der Waals surface area (Å²) in [6.07, 6.45) is 5.11. The molecule has 0 aromatic carbocycles. The van der Waals surface area contributed by atoms with Gasteiger partial charge in [-0.05, 0) is 37.5 Å². The zero-order chi connectivity index (χ0) is 7.42. The van der Waals surface area contributed by atoms with E-state index >= 15 is 0 Å². The average Bonchev–Trinajstić information content (AvgIpc) is 1.98. The summed E-state index contributed by atoms with van der Waals surface area (Å²) in [6, 6.07) is 1.20. The van der Waals surface area contributed by atoms with Crippen LogP contribution < -0.4 is 5.32 Å². The molecule has 0 spiro atoms. The van der Waals surface area contributed by atoms with Gasteiger partial charge in [0.25, 0.3) is 0 Å². The van der Waals surface area contributed by atoms with Crippen molar-refractivity contribution in [3.05, 3.63) is 0 Å². The lowest BCUT2D eigenvalue weighted by Crippen LogP contribution is -2.62. The molecule has 2 nitrogen and oxygen atoms in total. The quantitative estimate of drug-likeness (QED) is 0.531. The van der Waals surface area contributed by atoms with Crippen LogP contribution in [0.1, 0.15) is 25.7 Å². The fraction of sp³-hybridized carbons (Fsp3) is 1.00. The van der Waals surface area contributed by atoms with Gasteiger partial charge in [-0.2, -0.15) is 0 Å². The van der Waals surface area contributed by atoms with Crippen molar-refractivity contribution in [3.63, 3.8) is 0 Å². The summed E-state index contributed by atoms with van der Waals surface area (Å²) in [5.74, 6) is 1.58. The lowest BCUT2D eigenvalue weighted by atomic mass is 9.63. The fourth-order valence-corrected chi connectivity index (χ4v) is 3.39. The first-order valence-corrected chi connectivity index (χ1v) is 4.77. The number of hydrogen-bond donors (Lipinski definition) is 2. The van der Waals surface area contributed by atoms with E-state index in [0.29, 0.717) is 12.0 Å². The highest BCUT2D eigenvalue weighted by atomic mass is 16.3. The zero-order valence-electron chi connectivity index (χ0n) is 6.66. The van der Waals surface area contributed by atoms with Crippen molar-refractivity contribution in [3.8, 4) is 0 Å². The van der Waals surface area contributed by atoms with Crippen LogP contribution in [0, 0.1) is 11.8 Å². The van der Waals surface area contributed by atoms with E-state index in [1.54, 1.807) is 0 Å². The molecule has 2 aliphatic carbocycles. The van der Waals surface area contributed by atoms with Crippen LogP contribution in [0.15, 0.2) is 0 Å². The Morgan fingerprint density at radius 2 is 2.00 bits per heavy atom. The molecule has 0 radical (unpaired) electrons. The van der Waals surface area contributed by atoms with Gasteiger partial charge in [-0.1, -0.05) is 0 Å². The first-order chi connectivity index (χ1) is 5.33. The van der Waals surface area contributed by atoms with Gasteiger partial charge < -0.3 is 10.4 Å². The SMILES string of the molecule is OC1C2CC3CC(C2)NC1C3. The second kappa shape index (κ2) is 1.99. The Balaban J connectivity index is 1.91. The summed E-state index contributed by atoms with van der Waals surface area (Å²) >= 11 is 0. The Morgan fingerprint density at radius 1 is 1.09 bits per heavy atom. The summed E-state index contributed by atoms with van der Waals surface area (Å²) < 4.78 is 0. The summed E-state index contributed by atoms with van der Waals surface area (Å²) in [6.45, 7) is 0. The Bertz CT molecular complexity index is 152. The fourth-order valence-electron chi connectivity index (χ4n) is 3.39. The minimum Gasteiger partial charge on any atom is -0.391 e. The van der Waals surface area contributed by atoms with E-state index in [4.69, 9.17) is 0 Å². The topological polar surface area (TPSA) is 32.3 Å². The number of hydrogen-bond acceptors (Lipinski definition) is 2. The average molecular weight is 153 g/mol. The van der Waals surface area contributed by atoms with Crippen LogP contribution in [0.25, 0.3) is 0 Å². The number of aliphatic hydroxyl groups excluding tert-OH is 1. The van der Waals surface area contributed by atoms with Gasteiger partial charge in [-0.3, -0.25) is 0 Å². The van der Waals surface area contributed by atoms with E-state index in [-0.39, 0.29) is 6.10 Å². The summed E-state index contributed by atoms with van der Waals surface area (Å²) in [4.78, 5) is 0. The molecule has 0 aromatic rings. The Labute approximate surface area is 67.0 Å². The Hall–Kier alpha value is -0.0800. The normalized spacial score (nSPS) is 60.3. The second-order valence-corrected chi connectivity index (χ2v) is 4.53. The van der Waals surface area contributed by atoms with Gasteiger partial charge in [0.05, 0.1) is 6.10 Å². The molecule has 2 N–H and O–H groups in total. The number of aliphatic hydroxyl groups is 1. The van der Waals surface area contributed by atoms with Crippen molar-refractivity contribution in [1.29, 1.82) is 0 Å². The maximum Gasteiger partial charge on any atom is 0.0722 e. The van der Waals surface area contributed by atoms with Crippen LogP contribution in [0.4, 0.5) is 0 Å². The maximum atomic E-state index is 9.76. The molecule has 2 saturated carbocycles. The predicted molar refractivity (Wildman–Crippen MR) is 42.2 cm³/mol. The van der Waals surface area contributed by atoms with E-state index in [1.165, 1.54) is 25.7 Å². The van der Waals surface area contributed by atoms with Crippen molar-refractivity contribution in [2.45, 2.75) is 43.9 Å². The number of piperidine rings is 2. The third-order valence-electron chi connectivity index (χ3n) is 3.77. The molecule has 2 heterocycles. The molecule has 0 aromatic heterocycles. The lowest BCUT2D eigenvalue weighted by molar-refractivity contribution is -0.0592. The van der Waals surface area contributed by atoms with Gasteiger partial charge in [0.1, 0.15) is 0 Å². The molecule has 0 amide bonds.